The molecule has 19 heavy (non-hydrogen) atoms. The number of hydrogen-bond acceptors (Lipinski definition) is 4. The van der Waals surface area contributed by atoms with E-state index in [9.17, 15) is 0 Å². The van der Waals surface area contributed by atoms with Gasteiger partial charge in [-0.25, -0.2) is 9.50 Å². The zero-order chi connectivity index (χ0) is 12.7. The van der Waals surface area contributed by atoms with Crippen LogP contribution in [0.4, 0.5) is 0 Å². The van der Waals surface area contributed by atoms with E-state index in [0.717, 1.165) is 21.2 Å². The Hall–Kier alpha value is -1.43. The van der Waals surface area contributed by atoms with Crippen LogP contribution in [0.15, 0.2) is 24.4 Å². The molecule has 0 fully saturated rings. The first-order valence-corrected chi connectivity index (χ1v) is 6.62. The zero-order valence-corrected chi connectivity index (χ0v) is 12.4. The lowest BCUT2D eigenvalue weighted by molar-refractivity contribution is 0.897. The van der Waals surface area contributed by atoms with Crippen LogP contribution < -0.4 is 5.73 Å². The van der Waals surface area contributed by atoms with Gasteiger partial charge in [-0.1, -0.05) is 23.5 Å². The summed E-state index contributed by atoms with van der Waals surface area (Å²) in [6.45, 7) is 4.69. The van der Waals surface area contributed by atoms with Gasteiger partial charge in [-0.3, -0.25) is 0 Å². The number of nitrogens with two attached hydrogens (primary N) is 1. The first-order chi connectivity index (χ1) is 8.67. The molecule has 0 spiro atoms. The SMILES string of the molecule is Cc1ccc(-c2cn3nc(CN)sc3n2)cc1C.Cl. The van der Waals surface area contributed by atoms with Gasteiger partial charge >= 0.3 is 0 Å². The third-order valence-corrected chi connectivity index (χ3v) is 4.01. The molecule has 2 aromatic heterocycles. The third kappa shape index (κ3) is 2.49. The molecule has 0 saturated carbocycles. The minimum atomic E-state index is 0. The summed E-state index contributed by atoms with van der Waals surface area (Å²) >= 11 is 1.54. The second kappa shape index (κ2) is 5.28. The zero-order valence-electron chi connectivity index (χ0n) is 10.8. The summed E-state index contributed by atoms with van der Waals surface area (Å²) in [5.41, 5.74) is 10.2. The molecule has 0 bridgehead atoms. The standard InChI is InChI=1S/C13H14N4S.ClH/c1-8-3-4-10(5-9(8)2)11-7-17-13(15-11)18-12(6-14)16-17;/h3-5,7H,6,14H2,1-2H3;1H. The van der Waals surface area contributed by atoms with E-state index in [1.807, 2.05) is 6.20 Å². The Morgan fingerprint density at radius 3 is 2.68 bits per heavy atom. The summed E-state index contributed by atoms with van der Waals surface area (Å²) in [5.74, 6) is 0. The number of nitrogens with zero attached hydrogens (tertiary/aromatic N) is 3. The van der Waals surface area contributed by atoms with E-state index < -0.39 is 0 Å². The monoisotopic (exact) mass is 294 g/mol. The van der Waals surface area contributed by atoms with Crippen molar-refractivity contribution >= 4 is 28.7 Å². The van der Waals surface area contributed by atoms with Crippen molar-refractivity contribution in [1.29, 1.82) is 0 Å². The van der Waals surface area contributed by atoms with E-state index >= 15 is 0 Å². The van der Waals surface area contributed by atoms with Gasteiger partial charge < -0.3 is 5.73 Å². The number of aromatic nitrogens is 3. The Bertz CT molecular complexity index is 685. The van der Waals surface area contributed by atoms with Crippen LogP contribution in [-0.2, 0) is 6.54 Å². The van der Waals surface area contributed by atoms with Crippen LogP contribution in [0.1, 0.15) is 16.1 Å². The lowest BCUT2D eigenvalue weighted by atomic mass is 10.1. The van der Waals surface area contributed by atoms with Gasteiger partial charge in [0.2, 0.25) is 4.96 Å². The van der Waals surface area contributed by atoms with E-state index in [1.165, 1.54) is 22.5 Å². The predicted molar refractivity (Wildman–Crippen MR) is 80.9 cm³/mol. The summed E-state index contributed by atoms with van der Waals surface area (Å²) < 4.78 is 1.80. The van der Waals surface area contributed by atoms with Crippen LogP contribution in [0, 0.1) is 13.8 Å². The Morgan fingerprint density at radius 1 is 1.26 bits per heavy atom. The van der Waals surface area contributed by atoms with Gasteiger partial charge in [0, 0.05) is 12.1 Å². The highest BCUT2D eigenvalue weighted by atomic mass is 35.5. The fraction of sp³-hybridized carbons (Fsp3) is 0.231. The van der Waals surface area contributed by atoms with Gasteiger partial charge in [0.15, 0.2) is 0 Å². The number of benzene rings is 1. The van der Waals surface area contributed by atoms with Crippen LogP contribution in [0.3, 0.4) is 0 Å². The molecule has 100 valence electrons. The van der Waals surface area contributed by atoms with Gasteiger partial charge in [-0.15, -0.1) is 12.4 Å². The summed E-state index contributed by atoms with van der Waals surface area (Å²) in [6, 6.07) is 6.38. The van der Waals surface area contributed by atoms with Gasteiger partial charge in [0.05, 0.1) is 11.9 Å². The lowest BCUT2D eigenvalue weighted by Crippen LogP contribution is -1.95. The third-order valence-electron chi connectivity index (χ3n) is 3.06. The van der Waals surface area contributed by atoms with E-state index in [-0.39, 0.29) is 12.4 Å². The second-order valence-corrected chi connectivity index (χ2v) is 5.39. The van der Waals surface area contributed by atoms with Crippen molar-refractivity contribution in [2.75, 3.05) is 0 Å². The second-order valence-electron chi connectivity index (χ2n) is 4.35. The highest BCUT2D eigenvalue weighted by Gasteiger charge is 2.09. The van der Waals surface area contributed by atoms with E-state index in [0.29, 0.717) is 6.54 Å². The molecule has 0 aliphatic rings. The highest BCUT2D eigenvalue weighted by Crippen LogP contribution is 2.23. The summed E-state index contributed by atoms with van der Waals surface area (Å²) in [7, 11) is 0. The molecule has 0 unspecified atom stereocenters. The first kappa shape index (κ1) is 14.0. The van der Waals surface area contributed by atoms with E-state index in [2.05, 4.69) is 42.1 Å². The molecule has 2 N–H and O–H groups in total. The summed E-state index contributed by atoms with van der Waals surface area (Å²) in [5, 5.41) is 5.27. The largest absolute Gasteiger partial charge is 0.324 e. The molecule has 3 rings (SSSR count). The molecule has 4 nitrogen and oxygen atoms in total. The van der Waals surface area contributed by atoms with Gasteiger partial charge in [-0.05, 0) is 31.0 Å². The minimum Gasteiger partial charge on any atom is -0.324 e. The molecule has 0 atom stereocenters. The van der Waals surface area contributed by atoms with Crippen molar-refractivity contribution in [2.24, 2.45) is 5.73 Å². The first-order valence-electron chi connectivity index (χ1n) is 5.80. The molecule has 6 heteroatoms. The molecule has 1 aromatic carbocycles. The molecule has 2 heterocycles. The maximum Gasteiger partial charge on any atom is 0.212 e. The van der Waals surface area contributed by atoms with Crippen molar-refractivity contribution in [3.63, 3.8) is 0 Å². The predicted octanol–water partition coefficient (Wildman–Crippen LogP) is 2.96. The van der Waals surface area contributed by atoms with Crippen molar-refractivity contribution in [2.45, 2.75) is 20.4 Å². The average Bonchev–Trinajstić information content (AvgIpc) is 2.90. The maximum atomic E-state index is 5.57. The topological polar surface area (TPSA) is 56.2 Å². The lowest BCUT2D eigenvalue weighted by Gasteiger charge is -2.01. The number of fused-ring (bicyclic) bond motifs is 1. The molecule has 0 radical (unpaired) electrons. The molecular formula is C13H15ClN4S. The Balaban J connectivity index is 0.00000133. The van der Waals surface area contributed by atoms with Gasteiger partial charge in [-0.2, -0.15) is 5.10 Å². The molecule has 0 amide bonds. The fourth-order valence-electron chi connectivity index (χ4n) is 1.86. The van der Waals surface area contributed by atoms with Gasteiger partial charge in [0.25, 0.3) is 0 Å². The Kier molecular flexibility index (Phi) is 3.89. The number of imidazole rings is 1. The maximum absolute atomic E-state index is 5.57. The highest BCUT2D eigenvalue weighted by molar-refractivity contribution is 7.16. The van der Waals surface area contributed by atoms with Crippen LogP contribution in [-0.4, -0.2) is 14.6 Å². The normalized spacial score (nSPS) is 10.7. The number of halogens is 1. The quantitative estimate of drug-likeness (QED) is 0.790. The van der Waals surface area contributed by atoms with Gasteiger partial charge in [0.1, 0.15) is 5.01 Å². The van der Waals surface area contributed by atoms with Crippen molar-refractivity contribution in [3.8, 4) is 11.3 Å². The number of hydrogen-bond donors (Lipinski definition) is 1. The number of aryl methyl sites for hydroxylation is 2. The molecule has 0 saturated heterocycles. The van der Waals surface area contributed by atoms with Crippen molar-refractivity contribution in [1.82, 2.24) is 14.6 Å². The molecule has 0 aliphatic heterocycles. The number of rotatable bonds is 2. The minimum absolute atomic E-state index is 0. The van der Waals surface area contributed by atoms with Crippen LogP contribution >= 0.6 is 23.7 Å². The van der Waals surface area contributed by atoms with Crippen LogP contribution in [0.2, 0.25) is 0 Å². The summed E-state index contributed by atoms with van der Waals surface area (Å²) in [6.07, 6.45) is 1.95. The molecule has 3 aromatic rings. The van der Waals surface area contributed by atoms with E-state index in [4.69, 9.17) is 5.73 Å². The summed E-state index contributed by atoms with van der Waals surface area (Å²) in [4.78, 5) is 5.48. The van der Waals surface area contributed by atoms with E-state index in [1.54, 1.807) is 4.52 Å². The molecular weight excluding hydrogens is 280 g/mol. The van der Waals surface area contributed by atoms with Crippen molar-refractivity contribution in [3.05, 3.63) is 40.5 Å². The average molecular weight is 295 g/mol. The molecule has 0 aliphatic carbocycles. The van der Waals surface area contributed by atoms with Crippen LogP contribution in [0.5, 0.6) is 0 Å². The smallest absolute Gasteiger partial charge is 0.212 e. The van der Waals surface area contributed by atoms with Crippen molar-refractivity contribution < 1.29 is 0 Å². The van der Waals surface area contributed by atoms with Crippen LogP contribution in [0.25, 0.3) is 16.2 Å². The fourth-order valence-corrected chi connectivity index (χ4v) is 2.62. The Labute approximate surface area is 121 Å². The Morgan fingerprint density at radius 2 is 2.05 bits per heavy atom.